The quantitative estimate of drug-likeness (QED) is 0.907. The zero-order valence-corrected chi connectivity index (χ0v) is 15.7. The summed E-state index contributed by atoms with van der Waals surface area (Å²) in [5, 5.41) is 0. The maximum absolute atomic E-state index is 13.1. The second kappa shape index (κ2) is 8.37. The van der Waals surface area contributed by atoms with Gasteiger partial charge in [0.2, 0.25) is 0 Å². The van der Waals surface area contributed by atoms with Gasteiger partial charge in [-0.3, -0.25) is 4.79 Å². The van der Waals surface area contributed by atoms with Gasteiger partial charge in [0, 0.05) is 31.7 Å². The first-order valence-electron chi connectivity index (χ1n) is 8.61. The van der Waals surface area contributed by atoms with Crippen LogP contribution in [-0.2, 0) is 6.54 Å². The molecule has 2 aromatic carbocycles. The highest BCUT2D eigenvalue weighted by molar-refractivity contribution is 6.08. The van der Waals surface area contributed by atoms with Crippen molar-refractivity contribution in [3.63, 3.8) is 0 Å². The van der Waals surface area contributed by atoms with Crippen molar-refractivity contribution in [1.82, 2.24) is 0 Å². The van der Waals surface area contributed by atoms with Gasteiger partial charge in [-0.2, -0.15) is 0 Å². The molecule has 5 heteroatoms. The molecular formula is C20H26ClN3O. The number of hydrogen-bond donors (Lipinski definition) is 1. The fourth-order valence-corrected chi connectivity index (χ4v) is 3.37. The number of nitrogens with zero attached hydrogens (tertiary/aromatic N) is 2. The molecule has 0 bridgehead atoms. The highest BCUT2D eigenvalue weighted by atomic mass is 35.5. The summed E-state index contributed by atoms with van der Waals surface area (Å²) in [4.78, 5) is 17.4. The molecule has 25 heavy (non-hydrogen) atoms. The molecule has 0 spiro atoms. The van der Waals surface area contributed by atoms with E-state index in [4.69, 9.17) is 5.73 Å². The molecule has 134 valence electrons. The van der Waals surface area contributed by atoms with Gasteiger partial charge in [-0.15, -0.1) is 12.4 Å². The van der Waals surface area contributed by atoms with E-state index in [1.165, 1.54) is 0 Å². The number of nitrogens with two attached hydrogens (primary N) is 1. The second-order valence-electron chi connectivity index (χ2n) is 6.22. The summed E-state index contributed by atoms with van der Waals surface area (Å²) in [7, 11) is 0. The van der Waals surface area contributed by atoms with E-state index < -0.39 is 0 Å². The lowest BCUT2D eigenvalue weighted by Crippen LogP contribution is -2.31. The standard InChI is InChI=1S/C20H25N3O.ClH/c1-3-22-11-6-12-23(19-8-5-4-7-18(19)22)20(24)16-9-10-17(14-21)15(2)13-16;/h4-5,7-10,13H,3,6,11-12,14,21H2,1-2H3;1H. The van der Waals surface area contributed by atoms with E-state index in [2.05, 4.69) is 17.9 Å². The normalized spacial score (nSPS) is 13.7. The van der Waals surface area contributed by atoms with Gasteiger partial charge in [0.05, 0.1) is 11.4 Å². The summed E-state index contributed by atoms with van der Waals surface area (Å²) >= 11 is 0. The minimum Gasteiger partial charge on any atom is -0.370 e. The smallest absolute Gasteiger partial charge is 0.258 e. The van der Waals surface area contributed by atoms with Crippen LogP contribution in [0.1, 0.15) is 34.8 Å². The summed E-state index contributed by atoms with van der Waals surface area (Å²) in [5.41, 5.74) is 10.8. The summed E-state index contributed by atoms with van der Waals surface area (Å²) < 4.78 is 0. The summed E-state index contributed by atoms with van der Waals surface area (Å²) in [6.07, 6.45) is 0.966. The van der Waals surface area contributed by atoms with E-state index in [0.29, 0.717) is 6.54 Å². The van der Waals surface area contributed by atoms with E-state index in [9.17, 15) is 4.79 Å². The van der Waals surface area contributed by atoms with E-state index in [0.717, 1.165) is 54.1 Å². The molecule has 0 saturated heterocycles. The fourth-order valence-electron chi connectivity index (χ4n) is 3.37. The molecule has 0 fully saturated rings. The number of rotatable bonds is 3. The number of benzene rings is 2. The number of fused-ring (bicyclic) bond motifs is 1. The molecule has 2 aromatic rings. The van der Waals surface area contributed by atoms with Crippen LogP contribution in [-0.4, -0.2) is 25.5 Å². The van der Waals surface area contributed by atoms with Gasteiger partial charge < -0.3 is 15.5 Å². The lowest BCUT2D eigenvalue weighted by Gasteiger charge is -2.26. The molecule has 0 atom stereocenters. The Balaban J connectivity index is 0.00000225. The van der Waals surface area contributed by atoms with Gasteiger partial charge in [-0.05, 0) is 55.7 Å². The molecule has 1 aliphatic heterocycles. The van der Waals surface area contributed by atoms with Gasteiger partial charge in [-0.1, -0.05) is 18.2 Å². The first-order valence-corrected chi connectivity index (χ1v) is 8.61. The van der Waals surface area contributed by atoms with E-state index in [1.54, 1.807) is 0 Å². The molecule has 0 aromatic heterocycles. The highest BCUT2D eigenvalue weighted by Crippen LogP contribution is 2.33. The molecule has 2 N–H and O–H groups in total. The third-order valence-corrected chi connectivity index (χ3v) is 4.76. The molecule has 4 nitrogen and oxygen atoms in total. The van der Waals surface area contributed by atoms with Crippen molar-refractivity contribution in [3.05, 3.63) is 59.2 Å². The van der Waals surface area contributed by atoms with Crippen molar-refractivity contribution in [2.45, 2.75) is 26.8 Å². The number of hydrogen-bond acceptors (Lipinski definition) is 3. The van der Waals surface area contributed by atoms with Crippen LogP contribution in [0.2, 0.25) is 0 Å². The first kappa shape index (κ1) is 19.3. The fraction of sp³-hybridized carbons (Fsp3) is 0.350. The van der Waals surface area contributed by atoms with Gasteiger partial charge in [-0.25, -0.2) is 0 Å². The predicted octanol–water partition coefficient (Wildman–Crippen LogP) is 3.75. The Labute approximate surface area is 156 Å². The average Bonchev–Trinajstić information content (AvgIpc) is 2.80. The SMILES string of the molecule is CCN1CCCN(C(=O)c2ccc(CN)c(C)c2)c2ccccc21.Cl. The van der Waals surface area contributed by atoms with Crippen LogP contribution in [0.4, 0.5) is 11.4 Å². The lowest BCUT2D eigenvalue weighted by molar-refractivity contribution is 0.0987. The number of carbonyl (C=O) groups excluding carboxylic acids is 1. The molecule has 0 radical (unpaired) electrons. The molecular weight excluding hydrogens is 334 g/mol. The Kier molecular flexibility index (Phi) is 6.45. The van der Waals surface area contributed by atoms with Crippen molar-refractivity contribution in [1.29, 1.82) is 0 Å². The number of aryl methyl sites for hydroxylation is 1. The Morgan fingerprint density at radius 1 is 1.12 bits per heavy atom. The topological polar surface area (TPSA) is 49.6 Å². The largest absolute Gasteiger partial charge is 0.370 e. The molecule has 1 aliphatic rings. The number of anilines is 2. The predicted molar refractivity (Wildman–Crippen MR) is 107 cm³/mol. The number of amides is 1. The maximum atomic E-state index is 13.1. The Hall–Kier alpha value is -2.04. The minimum atomic E-state index is 0. The monoisotopic (exact) mass is 359 g/mol. The maximum Gasteiger partial charge on any atom is 0.258 e. The van der Waals surface area contributed by atoms with Crippen molar-refractivity contribution in [2.75, 3.05) is 29.4 Å². The van der Waals surface area contributed by atoms with Crippen LogP contribution in [0.3, 0.4) is 0 Å². The molecule has 0 aliphatic carbocycles. The second-order valence-corrected chi connectivity index (χ2v) is 6.22. The zero-order chi connectivity index (χ0) is 17.1. The number of halogens is 1. The van der Waals surface area contributed by atoms with Crippen molar-refractivity contribution in [2.24, 2.45) is 5.73 Å². The van der Waals surface area contributed by atoms with Gasteiger partial charge in [0.15, 0.2) is 0 Å². The van der Waals surface area contributed by atoms with E-state index >= 15 is 0 Å². The average molecular weight is 360 g/mol. The van der Waals surface area contributed by atoms with E-state index in [-0.39, 0.29) is 18.3 Å². The Morgan fingerprint density at radius 2 is 1.84 bits per heavy atom. The zero-order valence-electron chi connectivity index (χ0n) is 14.9. The van der Waals surface area contributed by atoms with Gasteiger partial charge in [0.1, 0.15) is 0 Å². The third-order valence-electron chi connectivity index (χ3n) is 4.76. The van der Waals surface area contributed by atoms with Crippen LogP contribution in [0.5, 0.6) is 0 Å². The van der Waals surface area contributed by atoms with Crippen molar-refractivity contribution >= 4 is 29.7 Å². The van der Waals surface area contributed by atoms with Crippen LogP contribution in [0, 0.1) is 6.92 Å². The molecule has 1 amide bonds. The summed E-state index contributed by atoms with van der Waals surface area (Å²) in [6.45, 7) is 7.32. The van der Waals surface area contributed by atoms with Crippen LogP contribution >= 0.6 is 12.4 Å². The van der Waals surface area contributed by atoms with Gasteiger partial charge in [0.25, 0.3) is 5.91 Å². The van der Waals surface area contributed by atoms with Crippen molar-refractivity contribution < 1.29 is 4.79 Å². The number of carbonyl (C=O) groups is 1. The molecule has 0 unspecified atom stereocenters. The molecule has 0 saturated carbocycles. The van der Waals surface area contributed by atoms with Crippen molar-refractivity contribution in [3.8, 4) is 0 Å². The van der Waals surface area contributed by atoms with Gasteiger partial charge >= 0.3 is 0 Å². The minimum absolute atomic E-state index is 0. The highest BCUT2D eigenvalue weighted by Gasteiger charge is 2.24. The van der Waals surface area contributed by atoms with Crippen LogP contribution in [0.15, 0.2) is 42.5 Å². The first-order chi connectivity index (χ1) is 11.7. The summed E-state index contributed by atoms with van der Waals surface area (Å²) in [5.74, 6) is 0.0621. The van der Waals surface area contributed by atoms with Crippen LogP contribution < -0.4 is 15.5 Å². The Morgan fingerprint density at radius 3 is 2.48 bits per heavy atom. The van der Waals surface area contributed by atoms with Crippen LogP contribution in [0.25, 0.3) is 0 Å². The third kappa shape index (κ3) is 3.80. The lowest BCUT2D eigenvalue weighted by atomic mass is 10.0. The van der Waals surface area contributed by atoms with E-state index in [1.807, 2.05) is 48.2 Å². The number of para-hydroxylation sites is 2. The molecule has 3 rings (SSSR count). The molecule has 1 heterocycles. The summed E-state index contributed by atoms with van der Waals surface area (Å²) in [6, 6.07) is 14.0. The Bertz CT molecular complexity index is 747.